The highest BCUT2D eigenvalue weighted by Gasteiger charge is 2.53. The summed E-state index contributed by atoms with van der Waals surface area (Å²) in [6, 6.07) is 0.0183. The molecule has 3 N–H and O–H groups in total. The molecule has 1 saturated heterocycles. The van der Waals surface area contributed by atoms with E-state index in [0.29, 0.717) is 31.7 Å². The minimum absolute atomic E-state index is 0.210. The standard InChI is InChI=1S/C22H27F4N3O4/c1-20(2,3)16(27-14-10-12(22(24,25)26)9-13(23)11-14)18(31)29-8-4-5-15(29)17(30)28-21(6-7-21)19(32)33/h9-11,15-16,27H,4-8H2,1-3H3,(H,28,30)(H,32,33)/t15-,16+/m0/s1. The number of benzene rings is 1. The molecule has 0 aromatic heterocycles. The van der Waals surface area contributed by atoms with Crippen LogP contribution in [0.1, 0.15) is 52.0 Å². The third-order valence-electron chi connectivity index (χ3n) is 6.01. The molecule has 33 heavy (non-hydrogen) atoms. The van der Waals surface area contributed by atoms with Gasteiger partial charge in [-0.1, -0.05) is 20.8 Å². The van der Waals surface area contributed by atoms with E-state index in [1.54, 1.807) is 20.8 Å². The maximum absolute atomic E-state index is 13.9. The SMILES string of the molecule is CC(C)(C)[C@H](Nc1cc(F)cc(C(F)(F)F)c1)C(=O)N1CCC[C@H]1C(=O)NC1(C(=O)O)CC1. The van der Waals surface area contributed by atoms with E-state index in [0.717, 1.165) is 12.1 Å². The van der Waals surface area contributed by atoms with Crippen molar-refractivity contribution >= 4 is 23.5 Å². The molecule has 1 aliphatic heterocycles. The number of nitrogens with one attached hydrogen (secondary N) is 2. The molecule has 2 atom stereocenters. The Labute approximate surface area is 188 Å². The van der Waals surface area contributed by atoms with Crippen LogP contribution in [0, 0.1) is 11.2 Å². The topological polar surface area (TPSA) is 98.7 Å². The summed E-state index contributed by atoms with van der Waals surface area (Å²) in [5.41, 5.74) is -3.50. The molecule has 2 aliphatic rings. The van der Waals surface area contributed by atoms with Crippen LogP contribution in [0.2, 0.25) is 0 Å². The van der Waals surface area contributed by atoms with Crippen LogP contribution < -0.4 is 10.6 Å². The number of rotatable bonds is 6. The molecule has 1 saturated carbocycles. The number of nitrogens with zero attached hydrogens (tertiary/aromatic N) is 1. The summed E-state index contributed by atoms with van der Waals surface area (Å²) in [6.45, 7) is 5.33. The molecule has 0 spiro atoms. The molecule has 182 valence electrons. The lowest BCUT2D eigenvalue weighted by Gasteiger charge is -2.36. The van der Waals surface area contributed by atoms with Gasteiger partial charge in [0.25, 0.3) is 0 Å². The highest BCUT2D eigenvalue weighted by atomic mass is 19.4. The second-order valence-corrected chi connectivity index (χ2v) is 9.74. The minimum Gasteiger partial charge on any atom is -0.480 e. The molecule has 7 nitrogen and oxygen atoms in total. The first-order chi connectivity index (χ1) is 15.1. The number of hydrogen-bond donors (Lipinski definition) is 3. The molecule has 1 aliphatic carbocycles. The van der Waals surface area contributed by atoms with Crippen molar-refractivity contribution in [3.63, 3.8) is 0 Å². The summed E-state index contributed by atoms with van der Waals surface area (Å²) < 4.78 is 53.2. The van der Waals surface area contributed by atoms with Crippen molar-refractivity contribution in [1.82, 2.24) is 10.2 Å². The van der Waals surface area contributed by atoms with Gasteiger partial charge < -0.3 is 20.6 Å². The first-order valence-corrected chi connectivity index (χ1v) is 10.6. The first kappa shape index (κ1) is 24.8. The summed E-state index contributed by atoms with van der Waals surface area (Å²) in [5, 5.41) is 14.6. The van der Waals surface area contributed by atoms with Crippen molar-refractivity contribution in [3.05, 3.63) is 29.6 Å². The van der Waals surface area contributed by atoms with E-state index in [1.165, 1.54) is 4.90 Å². The number of carboxylic acid groups (broad SMARTS) is 1. The lowest BCUT2D eigenvalue weighted by molar-refractivity contribution is -0.145. The molecular weight excluding hydrogens is 446 g/mol. The van der Waals surface area contributed by atoms with Gasteiger partial charge in [-0.2, -0.15) is 13.2 Å². The molecule has 0 unspecified atom stereocenters. The molecule has 0 radical (unpaired) electrons. The van der Waals surface area contributed by atoms with E-state index in [2.05, 4.69) is 10.6 Å². The molecule has 1 aromatic carbocycles. The third kappa shape index (κ3) is 5.39. The fraction of sp³-hybridized carbons (Fsp3) is 0.591. The number of carbonyl (C=O) groups excluding carboxylic acids is 2. The van der Waals surface area contributed by atoms with Crippen molar-refractivity contribution in [2.75, 3.05) is 11.9 Å². The van der Waals surface area contributed by atoms with Crippen LogP contribution in [0.15, 0.2) is 18.2 Å². The number of likely N-dealkylation sites (tertiary alicyclic amines) is 1. The van der Waals surface area contributed by atoms with Gasteiger partial charge >= 0.3 is 12.1 Å². The average Bonchev–Trinajstić information content (AvgIpc) is 3.29. The third-order valence-corrected chi connectivity index (χ3v) is 6.01. The summed E-state index contributed by atoms with van der Waals surface area (Å²) >= 11 is 0. The Morgan fingerprint density at radius 3 is 2.30 bits per heavy atom. The van der Waals surface area contributed by atoms with Crippen molar-refractivity contribution in [1.29, 1.82) is 0 Å². The number of alkyl halides is 3. The van der Waals surface area contributed by atoms with Crippen molar-refractivity contribution < 1.29 is 37.1 Å². The number of hydrogen-bond acceptors (Lipinski definition) is 4. The molecule has 3 rings (SSSR count). The van der Waals surface area contributed by atoms with Gasteiger partial charge in [-0.3, -0.25) is 9.59 Å². The maximum Gasteiger partial charge on any atom is 0.416 e. The van der Waals surface area contributed by atoms with Crippen molar-refractivity contribution in [2.24, 2.45) is 5.41 Å². The zero-order valence-electron chi connectivity index (χ0n) is 18.6. The van der Waals surface area contributed by atoms with Crippen LogP contribution in [0.3, 0.4) is 0 Å². The Morgan fingerprint density at radius 2 is 1.79 bits per heavy atom. The minimum atomic E-state index is -4.76. The zero-order chi connectivity index (χ0) is 24.8. The molecule has 1 heterocycles. The smallest absolute Gasteiger partial charge is 0.416 e. The summed E-state index contributed by atoms with van der Waals surface area (Å²) in [5.74, 6) is -3.33. The van der Waals surface area contributed by atoms with Crippen molar-refractivity contribution in [2.45, 2.75) is 70.3 Å². The predicted molar refractivity (Wildman–Crippen MR) is 111 cm³/mol. The van der Waals surface area contributed by atoms with E-state index in [9.17, 15) is 37.1 Å². The quantitative estimate of drug-likeness (QED) is 0.550. The van der Waals surface area contributed by atoms with E-state index in [4.69, 9.17) is 0 Å². The van der Waals surface area contributed by atoms with Gasteiger partial charge in [-0.15, -0.1) is 0 Å². The Morgan fingerprint density at radius 1 is 1.15 bits per heavy atom. The van der Waals surface area contributed by atoms with Crippen LogP contribution in [-0.4, -0.2) is 52.0 Å². The van der Waals surface area contributed by atoms with Crippen LogP contribution in [0.25, 0.3) is 0 Å². The Balaban J connectivity index is 1.83. The molecule has 2 amide bonds. The average molecular weight is 473 g/mol. The molecule has 1 aromatic rings. The first-order valence-electron chi connectivity index (χ1n) is 10.6. The fourth-order valence-corrected chi connectivity index (χ4v) is 3.96. The lowest BCUT2D eigenvalue weighted by atomic mass is 9.85. The van der Waals surface area contributed by atoms with Gasteiger partial charge in [-0.05, 0) is 49.3 Å². The maximum atomic E-state index is 13.9. The normalized spacial score (nSPS) is 20.8. The fourth-order valence-electron chi connectivity index (χ4n) is 3.96. The summed E-state index contributed by atoms with van der Waals surface area (Å²) in [7, 11) is 0. The number of carboxylic acids is 1. The van der Waals surface area contributed by atoms with Gasteiger partial charge in [-0.25, -0.2) is 9.18 Å². The predicted octanol–water partition coefficient (Wildman–Crippen LogP) is 3.40. The number of aliphatic carboxylic acids is 1. The second-order valence-electron chi connectivity index (χ2n) is 9.74. The van der Waals surface area contributed by atoms with E-state index in [-0.39, 0.29) is 12.2 Å². The molecule has 11 heteroatoms. The van der Waals surface area contributed by atoms with Gasteiger partial charge in [0.15, 0.2) is 0 Å². The number of amides is 2. The van der Waals surface area contributed by atoms with Crippen LogP contribution in [0.5, 0.6) is 0 Å². The van der Waals surface area contributed by atoms with Gasteiger partial charge in [0.2, 0.25) is 11.8 Å². The summed E-state index contributed by atoms with van der Waals surface area (Å²) in [4.78, 5) is 39.0. The Hall–Kier alpha value is -2.85. The highest BCUT2D eigenvalue weighted by molar-refractivity contribution is 5.95. The number of anilines is 1. The van der Waals surface area contributed by atoms with E-state index in [1.807, 2.05) is 0 Å². The Bertz CT molecular complexity index is 954. The highest BCUT2D eigenvalue weighted by Crippen LogP contribution is 2.37. The molecular formula is C22H27F4N3O4. The Kier molecular flexibility index (Phi) is 6.38. The van der Waals surface area contributed by atoms with Gasteiger partial charge in [0.05, 0.1) is 5.56 Å². The molecule has 0 bridgehead atoms. The number of halogens is 4. The summed E-state index contributed by atoms with van der Waals surface area (Å²) in [6.07, 6.45) is -3.30. The largest absolute Gasteiger partial charge is 0.480 e. The molecule has 2 fully saturated rings. The van der Waals surface area contributed by atoms with Crippen molar-refractivity contribution in [3.8, 4) is 0 Å². The van der Waals surface area contributed by atoms with Gasteiger partial charge in [0.1, 0.15) is 23.4 Å². The monoisotopic (exact) mass is 473 g/mol. The zero-order valence-corrected chi connectivity index (χ0v) is 18.6. The van der Waals surface area contributed by atoms with Crippen LogP contribution >= 0.6 is 0 Å². The van der Waals surface area contributed by atoms with Crippen LogP contribution in [-0.2, 0) is 20.6 Å². The van der Waals surface area contributed by atoms with Gasteiger partial charge in [0, 0.05) is 12.2 Å². The number of carbonyl (C=O) groups is 3. The van der Waals surface area contributed by atoms with E-state index >= 15 is 0 Å². The lowest BCUT2D eigenvalue weighted by Crippen LogP contribution is -2.56. The second kappa shape index (κ2) is 8.49. The van der Waals surface area contributed by atoms with E-state index < -0.39 is 58.4 Å². The van der Waals surface area contributed by atoms with Crippen LogP contribution in [0.4, 0.5) is 23.2 Å².